The molecular weight excluding hydrogens is 259 g/mol. The summed E-state index contributed by atoms with van der Waals surface area (Å²) in [6.07, 6.45) is 1.84. The van der Waals surface area contributed by atoms with Crippen LogP contribution in [0.15, 0.2) is 18.2 Å². The summed E-state index contributed by atoms with van der Waals surface area (Å²) in [6, 6.07) is 5.09. The van der Waals surface area contributed by atoms with Crippen molar-refractivity contribution in [2.45, 2.75) is 18.9 Å². The van der Waals surface area contributed by atoms with Gasteiger partial charge in [-0.3, -0.25) is 4.79 Å². The molecule has 1 heterocycles. The van der Waals surface area contributed by atoms with Gasteiger partial charge in [-0.2, -0.15) is 0 Å². The highest BCUT2D eigenvalue weighted by Gasteiger charge is 2.29. The Morgan fingerprint density at radius 2 is 2.18 bits per heavy atom. The third kappa shape index (κ3) is 2.57. The third-order valence-corrected chi connectivity index (χ3v) is 3.53. The molecule has 1 fully saturated rings. The fraction of sp³-hybridized carbons (Fsp3) is 0.417. The first-order valence-electron chi connectivity index (χ1n) is 5.57. The summed E-state index contributed by atoms with van der Waals surface area (Å²) in [5.41, 5.74) is 0.737. The van der Waals surface area contributed by atoms with Gasteiger partial charge in [-0.15, -0.1) is 0 Å². The first-order chi connectivity index (χ1) is 8.13. The van der Waals surface area contributed by atoms with E-state index in [-0.39, 0.29) is 11.9 Å². The number of nitrogens with zero attached hydrogens (tertiary/aromatic N) is 1. The third-order valence-electron chi connectivity index (χ3n) is 2.99. The van der Waals surface area contributed by atoms with Crippen LogP contribution in [0.4, 0.5) is 5.69 Å². The van der Waals surface area contributed by atoms with Crippen molar-refractivity contribution in [1.29, 1.82) is 0 Å². The van der Waals surface area contributed by atoms with Gasteiger partial charge in [-0.1, -0.05) is 23.2 Å². The molecule has 1 atom stereocenters. The second-order valence-electron chi connectivity index (χ2n) is 4.07. The van der Waals surface area contributed by atoms with E-state index in [0.29, 0.717) is 16.6 Å². The zero-order valence-electron chi connectivity index (χ0n) is 9.54. The molecule has 1 N–H and O–H groups in total. The van der Waals surface area contributed by atoms with Crippen molar-refractivity contribution in [3.05, 3.63) is 28.2 Å². The quantitative estimate of drug-likeness (QED) is 0.898. The highest BCUT2D eigenvalue weighted by Crippen LogP contribution is 2.31. The van der Waals surface area contributed by atoms with Crippen LogP contribution in [0.1, 0.15) is 12.8 Å². The Morgan fingerprint density at radius 3 is 2.82 bits per heavy atom. The Bertz CT molecular complexity index is 437. The molecule has 1 aliphatic rings. The molecule has 3 nitrogen and oxygen atoms in total. The summed E-state index contributed by atoms with van der Waals surface area (Å²) in [5, 5.41) is 4.12. The fourth-order valence-corrected chi connectivity index (χ4v) is 2.59. The van der Waals surface area contributed by atoms with Gasteiger partial charge in [0.15, 0.2) is 0 Å². The van der Waals surface area contributed by atoms with Gasteiger partial charge in [-0.25, -0.2) is 0 Å². The number of benzene rings is 1. The van der Waals surface area contributed by atoms with E-state index in [1.807, 2.05) is 0 Å². The number of piperidine rings is 1. The van der Waals surface area contributed by atoms with Gasteiger partial charge in [0.25, 0.3) is 0 Å². The Hall–Kier alpha value is -0.770. The van der Waals surface area contributed by atoms with Gasteiger partial charge < -0.3 is 10.2 Å². The van der Waals surface area contributed by atoms with Gasteiger partial charge >= 0.3 is 0 Å². The maximum Gasteiger partial charge on any atom is 0.244 e. The molecular formula is C12H14Cl2N2O. The lowest BCUT2D eigenvalue weighted by atomic mass is 10.0. The van der Waals surface area contributed by atoms with Crippen molar-refractivity contribution in [3.8, 4) is 0 Å². The lowest BCUT2D eigenvalue weighted by Crippen LogP contribution is -2.49. The highest BCUT2D eigenvalue weighted by molar-refractivity contribution is 6.36. The number of hydrogen-bond donors (Lipinski definition) is 1. The summed E-state index contributed by atoms with van der Waals surface area (Å²) < 4.78 is 0. The Balaban J connectivity index is 2.29. The van der Waals surface area contributed by atoms with Crippen LogP contribution in [0, 0.1) is 0 Å². The normalized spacial score (nSPS) is 20.8. The van der Waals surface area contributed by atoms with Crippen LogP contribution in [0.5, 0.6) is 0 Å². The molecule has 17 heavy (non-hydrogen) atoms. The summed E-state index contributed by atoms with van der Waals surface area (Å²) in [6.45, 7) is 0.707. The van der Waals surface area contributed by atoms with Crippen molar-refractivity contribution in [2.75, 3.05) is 18.5 Å². The van der Waals surface area contributed by atoms with Crippen LogP contribution in [-0.4, -0.2) is 25.5 Å². The molecule has 2 rings (SSSR count). The number of anilines is 1. The maximum absolute atomic E-state index is 12.2. The zero-order valence-corrected chi connectivity index (χ0v) is 11.1. The van der Waals surface area contributed by atoms with Crippen molar-refractivity contribution in [1.82, 2.24) is 5.32 Å². The minimum atomic E-state index is -0.115. The average Bonchev–Trinajstić information content (AvgIpc) is 2.30. The van der Waals surface area contributed by atoms with Crippen LogP contribution in [-0.2, 0) is 4.79 Å². The molecule has 0 radical (unpaired) electrons. The van der Waals surface area contributed by atoms with Crippen LogP contribution >= 0.6 is 23.2 Å². The standard InChI is InChI=1S/C12H14Cl2N2O/c1-15-10-3-2-6-16(12(10)17)11-5-4-8(13)7-9(11)14/h4-5,7,10,15H,2-3,6H2,1H3. The zero-order chi connectivity index (χ0) is 12.4. The minimum Gasteiger partial charge on any atom is -0.310 e. The number of halogens is 2. The average molecular weight is 273 g/mol. The highest BCUT2D eigenvalue weighted by atomic mass is 35.5. The van der Waals surface area contributed by atoms with Crippen molar-refractivity contribution in [3.63, 3.8) is 0 Å². The fourth-order valence-electron chi connectivity index (χ4n) is 2.08. The van der Waals surface area contributed by atoms with Gasteiger partial charge in [0.1, 0.15) is 0 Å². The molecule has 0 spiro atoms. The Labute approximate surface area is 111 Å². The van der Waals surface area contributed by atoms with Crippen molar-refractivity contribution >= 4 is 34.8 Å². The van der Waals surface area contributed by atoms with E-state index in [1.165, 1.54) is 0 Å². The Kier molecular flexibility index (Phi) is 3.92. The van der Waals surface area contributed by atoms with E-state index >= 15 is 0 Å². The summed E-state index contributed by atoms with van der Waals surface area (Å²) in [5.74, 6) is 0.0722. The maximum atomic E-state index is 12.2. The molecule has 1 unspecified atom stereocenters. The summed E-state index contributed by atoms with van der Waals surface area (Å²) in [4.78, 5) is 13.9. The first-order valence-corrected chi connectivity index (χ1v) is 6.33. The lowest BCUT2D eigenvalue weighted by Gasteiger charge is -2.32. The summed E-state index contributed by atoms with van der Waals surface area (Å²) >= 11 is 12.0. The first kappa shape index (κ1) is 12.7. The minimum absolute atomic E-state index is 0.0722. The predicted molar refractivity (Wildman–Crippen MR) is 70.9 cm³/mol. The number of amides is 1. The van der Waals surface area contributed by atoms with E-state index in [4.69, 9.17) is 23.2 Å². The molecule has 1 saturated heterocycles. The van der Waals surface area contributed by atoms with E-state index in [0.717, 1.165) is 18.5 Å². The molecule has 0 aromatic heterocycles. The molecule has 5 heteroatoms. The van der Waals surface area contributed by atoms with Gasteiger partial charge in [0, 0.05) is 11.6 Å². The van der Waals surface area contributed by atoms with Crippen LogP contribution in [0.2, 0.25) is 10.0 Å². The van der Waals surface area contributed by atoms with Gasteiger partial charge in [0.2, 0.25) is 5.91 Å². The number of nitrogens with one attached hydrogen (secondary N) is 1. The molecule has 92 valence electrons. The SMILES string of the molecule is CNC1CCCN(c2ccc(Cl)cc2Cl)C1=O. The van der Waals surface area contributed by atoms with Gasteiger partial charge in [0.05, 0.1) is 16.8 Å². The van der Waals surface area contributed by atoms with E-state index in [2.05, 4.69) is 5.32 Å². The smallest absolute Gasteiger partial charge is 0.244 e. The van der Waals surface area contributed by atoms with Gasteiger partial charge in [-0.05, 0) is 38.1 Å². The molecule has 1 aromatic carbocycles. The molecule has 1 aromatic rings. The van der Waals surface area contributed by atoms with Crippen LogP contribution in [0.3, 0.4) is 0 Å². The van der Waals surface area contributed by atoms with Crippen molar-refractivity contribution in [2.24, 2.45) is 0 Å². The molecule has 1 amide bonds. The number of hydrogen-bond acceptors (Lipinski definition) is 2. The second-order valence-corrected chi connectivity index (χ2v) is 4.91. The summed E-state index contributed by atoms with van der Waals surface area (Å²) in [7, 11) is 1.80. The topological polar surface area (TPSA) is 32.3 Å². The van der Waals surface area contributed by atoms with E-state index in [9.17, 15) is 4.79 Å². The number of rotatable bonds is 2. The molecule has 0 bridgehead atoms. The lowest BCUT2D eigenvalue weighted by molar-refractivity contribution is -0.121. The van der Waals surface area contributed by atoms with E-state index < -0.39 is 0 Å². The monoisotopic (exact) mass is 272 g/mol. The van der Waals surface area contributed by atoms with Crippen molar-refractivity contribution < 1.29 is 4.79 Å². The number of carbonyl (C=O) groups is 1. The largest absolute Gasteiger partial charge is 0.310 e. The number of likely N-dealkylation sites (N-methyl/N-ethyl adjacent to an activating group) is 1. The second kappa shape index (κ2) is 5.25. The number of carbonyl (C=O) groups excluding carboxylic acids is 1. The van der Waals surface area contributed by atoms with Crippen LogP contribution < -0.4 is 10.2 Å². The Morgan fingerprint density at radius 1 is 1.41 bits per heavy atom. The van der Waals surface area contributed by atoms with Crippen LogP contribution in [0.25, 0.3) is 0 Å². The van der Waals surface area contributed by atoms with E-state index in [1.54, 1.807) is 30.1 Å². The molecule has 1 aliphatic heterocycles. The molecule has 0 saturated carbocycles. The predicted octanol–water partition coefficient (Wildman–Crippen LogP) is 2.71. The molecule has 0 aliphatic carbocycles.